The summed E-state index contributed by atoms with van der Waals surface area (Å²) in [5.41, 5.74) is 7.33. The Labute approximate surface area is 139 Å². The van der Waals surface area contributed by atoms with Gasteiger partial charge in [-0.2, -0.15) is 18.3 Å². The van der Waals surface area contributed by atoms with Gasteiger partial charge in [0.2, 0.25) is 5.82 Å². The SMILES string of the molecule is FC(F)(F)c1nc(NNc2ccc3[nH]ncc3c2)c2ccccc2n1. The third kappa shape index (κ3) is 2.91. The number of hydrogen-bond donors (Lipinski definition) is 3. The Kier molecular flexibility index (Phi) is 3.41. The van der Waals surface area contributed by atoms with Gasteiger partial charge in [0.25, 0.3) is 0 Å². The fourth-order valence-corrected chi connectivity index (χ4v) is 2.45. The van der Waals surface area contributed by atoms with Crippen LogP contribution in [0.1, 0.15) is 5.82 Å². The minimum absolute atomic E-state index is 0.0465. The predicted molar refractivity (Wildman–Crippen MR) is 87.9 cm³/mol. The van der Waals surface area contributed by atoms with Crippen LogP contribution in [-0.4, -0.2) is 20.2 Å². The number of para-hydroxylation sites is 1. The zero-order chi connectivity index (χ0) is 17.4. The van der Waals surface area contributed by atoms with Crippen LogP contribution in [-0.2, 0) is 6.18 Å². The van der Waals surface area contributed by atoms with Crippen molar-refractivity contribution in [3.63, 3.8) is 0 Å². The zero-order valence-corrected chi connectivity index (χ0v) is 12.6. The molecule has 4 rings (SSSR count). The number of fused-ring (bicyclic) bond motifs is 2. The molecule has 0 bridgehead atoms. The van der Waals surface area contributed by atoms with Crippen molar-refractivity contribution in [1.29, 1.82) is 0 Å². The van der Waals surface area contributed by atoms with E-state index >= 15 is 0 Å². The molecule has 2 aromatic heterocycles. The second kappa shape index (κ2) is 5.62. The quantitative estimate of drug-likeness (QED) is 0.490. The average Bonchev–Trinajstić information content (AvgIpc) is 3.06. The lowest BCUT2D eigenvalue weighted by Crippen LogP contribution is -2.16. The molecule has 0 spiro atoms. The van der Waals surface area contributed by atoms with Crippen LogP contribution >= 0.6 is 0 Å². The Morgan fingerprint density at radius 1 is 0.960 bits per heavy atom. The maximum absolute atomic E-state index is 13.0. The number of nitrogens with one attached hydrogen (secondary N) is 3. The standard InChI is InChI=1S/C16H11F3N6/c17-16(18,19)15-21-13-4-2-1-3-11(13)14(22-15)25-23-10-5-6-12-9(7-10)8-20-24-12/h1-8,23H,(H,20,24)(H,21,22,25). The van der Waals surface area contributed by atoms with Gasteiger partial charge in [0, 0.05) is 10.8 Å². The molecule has 25 heavy (non-hydrogen) atoms. The Morgan fingerprint density at radius 2 is 1.80 bits per heavy atom. The molecule has 6 nitrogen and oxygen atoms in total. The van der Waals surface area contributed by atoms with Crippen LogP contribution in [0.2, 0.25) is 0 Å². The van der Waals surface area contributed by atoms with Crippen molar-refractivity contribution < 1.29 is 13.2 Å². The van der Waals surface area contributed by atoms with Gasteiger partial charge in [0.05, 0.1) is 22.9 Å². The minimum atomic E-state index is -4.63. The summed E-state index contributed by atoms with van der Waals surface area (Å²) in [5, 5.41) is 8.10. The van der Waals surface area contributed by atoms with Crippen molar-refractivity contribution >= 4 is 33.3 Å². The lowest BCUT2D eigenvalue weighted by molar-refractivity contribution is -0.144. The van der Waals surface area contributed by atoms with Crippen molar-refractivity contribution in [3.8, 4) is 0 Å². The largest absolute Gasteiger partial charge is 0.451 e. The molecule has 2 aromatic carbocycles. The minimum Gasteiger partial charge on any atom is -0.300 e. The molecule has 3 N–H and O–H groups in total. The second-order valence-electron chi connectivity index (χ2n) is 5.33. The van der Waals surface area contributed by atoms with Gasteiger partial charge in [-0.15, -0.1) is 0 Å². The van der Waals surface area contributed by atoms with E-state index in [1.54, 1.807) is 36.5 Å². The number of H-pyrrole nitrogens is 1. The van der Waals surface area contributed by atoms with Crippen molar-refractivity contribution in [2.24, 2.45) is 0 Å². The second-order valence-corrected chi connectivity index (χ2v) is 5.33. The van der Waals surface area contributed by atoms with Crippen LogP contribution in [0.5, 0.6) is 0 Å². The molecule has 0 aliphatic rings. The molecule has 9 heteroatoms. The van der Waals surface area contributed by atoms with Gasteiger partial charge in [0.15, 0.2) is 5.82 Å². The van der Waals surface area contributed by atoms with Crippen molar-refractivity contribution in [2.75, 3.05) is 10.9 Å². The van der Waals surface area contributed by atoms with E-state index in [-0.39, 0.29) is 11.3 Å². The summed E-state index contributed by atoms with van der Waals surface area (Å²) < 4.78 is 39.0. The molecule has 0 radical (unpaired) electrons. The summed E-state index contributed by atoms with van der Waals surface area (Å²) in [4.78, 5) is 7.19. The summed E-state index contributed by atoms with van der Waals surface area (Å²) in [6.07, 6.45) is -2.97. The first-order chi connectivity index (χ1) is 12.0. The molecule has 0 unspecified atom stereocenters. The number of hydrazine groups is 1. The molecule has 0 saturated carbocycles. The van der Waals surface area contributed by atoms with Gasteiger partial charge in [-0.05, 0) is 30.3 Å². The maximum atomic E-state index is 13.0. The summed E-state index contributed by atoms with van der Waals surface area (Å²) in [5.74, 6) is -1.15. The number of alkyl halides is 3. The highest BCUT2D eigenvalue weighted by atomic mass is 19.4. The van der Waals surface area contributed by atoms with Gasteiger partial charge in [-0.3, -0.25) is 16.0 Å². The maximum Gasteiger partial charge on any atom is 0.451 e. The highest BCUT2D eigenvalue weighted by Crippen LogP contribution is 2.30. The molecule has 0 atom stereocenters. The number of halogens is 3. The van der Waals surface area contributed by atoms with Gasteiger partial charge in [0.1, 0.15) is 0 Å². The van der Waals surface area contributed by atoms with E-state index in [1.807, 2.05) is 6.07 Å². The Hall–Kier alpha value is -3.36. The molecule has 0 aliphatic carbocycles. The molecule has 2 heterocycles. The number of aromatic nitrogens is 4. The number of aromatic amines is 1. The highest BCUT2D eigenvalue weighted by molar-refractivity contribution is 5.89. The van der Waals surface area contributed by atoms with Gasteiger partial charge < -0.3 is 0 Å². The molecular weight excluding hydrogens is 333 g/mol. The summed E-state index contributed by atoms with van der Waals surface area (Å²) >= 11 is 0. The molecule has 4 aromatic rings. The lowest BCUT2D eigenvalue weighted by atomic mass is 10.2. The molecule has 0 saturated heterocycles. The van der Waals surface area contributed by atoms with Crippen molar-refractivity contribution in [1.82, 2.24) is 20.2 Å². The van der Waals surface area contributed by atoms with Gasteiger partial charge >= 0.3 is 6.18 Å². The van der Waals surface area contributed by atoms with E-state index in [4.69, 9.17) is 0 Å². The third-order valence-corrected chi connectivity index (χ3v) is 3.62. The number of benzene rings is 2. The molecule has 0 aliphatic heterocycles. The zero-order valence-electron chi connectivity index (χ0n) is 12.6. The lowest BCUT2D eigenvalue weighted by Gasteiger charge is -2.13. The number of anilines is 2. The Bertz CT molecular complexity index is 1060. The smallest absolute Gasteiger partial charge is 0.300 e. The normalized spacial score (nSPS) is 11.8. The summed E-state index contributed by atoms with van der Waals surface area (Å²) in [7, 11) is 0. The third-order valence-electron chi connectivity index (χ3n) is 3.62. The topological polar surface area (TPSA) is 78.5 Å². The predicted octanol–water partition coefficient (Wildman–Crippen LogP) is 3.96. The Morgan fingerprint density at radius 3 is 2.64 bits per heavy atom. The number of rotatable bonds is 3. The first-order valence-electron chi connectivity index (χ1n) is 7.30. The summed E-state index contributed by atoms with van der Waals surface area (Å²) in [6.45, 7) is 0. The van der Waals surface area contributed by atoms with E-state index in [0.717, 1.165) is 10.9 Å². The van der Waals surface area contributed by atoms with Crippen LogP contribution in [0.25, 0.3) is 21.8 Å². The monoisotopic (exact) mass is 344 g/mol. The van der Waals surface area contributed by atoms with Crippen LogP contribution in [0.15, 0.2) is 48.7 Å². The number of nitrogens with zero attached hydrogens (tertiary/aromatic N) is 3. The van der Waals surface area contributed by atoms with E-state index < -0.39 is 12.0 Å². The van der Waals surface area contributed by atoms with Gasteiger partial charge in [-0.1, -0.05) is 12.1 Å². The van der Waals surface area contributed by atoms with E-state index in [1.165, 1.54) is 6.07 Å². The first kappa shape index (κ1) is 15.2. The fraction of sp³-hybridized carbons (Fsp3) is 0.0625. The van der Waals surface area contributed by atoms with Crippen LogP contribution in [0, 0.1) is 0 Å². The average molecular weight is 344 g/mol. The van der Waals surface area contributed by atoms with E-state index in [0.29, 0.717) is 11.1 Å². The summed E-state index contributed by atoms with van der Waals surface area (Å²) in [6, 6.07) is 11.9. The molecule has 126 valence electrons. The molecule has 0 fully saturated rings. The van der Waals surface area contributed by atoms with E-state index in [2.05, 4.69) is 31.0 Å². The van der Waals surface area contributed by atoms with Gasteiger partial charge in [-0.25, -0.2) is 9.97 Å². The molecule has 0 amide bonds. The van der Waals surface area contributed by atoms with Crippen molar-refractivity contribution in [3.05, 3.63) is 54.5 Å². The van der Waals surface area contributed by atoms with Crippen LogP contribution in [0.3, 0.4) is 0 Å². The number of hydrogen-bond acceptors (Lipinski definition) is 5. The van der Waals surface area contributed by atoms with Crippen molar-refractivity contribution in [2.45, 2.75) is 6.18 Å². The Balaban J connectivity index is 1.69. The first-order valence-corrected chi connectivity index (χ1v) is 7.30. The fourth-order valence-electron chi connectivity index (χ4n) is 2.45. The highest BCUT2D eigenvalue weighted by Gasteiger charge is 2.35. The molecular formula is C16H11F3N6. The van der Waals surface area contributed by atoms with Crippen LogP contribution in [0.4, 0.5) is 24.7 Å². The van der Waals surface area contributed by atoms with E-state index in [9.17, 15) is 13.2 Å². The van der Waals surface area contributed by atoms with Crippen LogP contribution < -0.4 is 10.9 Å².